The number of hydrogen-bond acceptors (Lipinski definition) is 9. The largest absolute Gasteiger partial charge is 0.487 e. The first-order valence-corrected chi connectivity index (χ1v) is 15.8. The molecule has 0 spiro atoms. The highest BCUT2D eigenvalue weighted by Crippen LogP contribution is 2.47. The molecule has 3 aliphatic rings. The number of carbonyl (C=O) groups is 1. The first kappa shape index (κ1) is 29.5. The van der Waals surface area contributed by atoms with Gasteiger partial charge in [-0.05, 0) is 75.5 Å². The number of ether oxygens (including phenoxy) is 2. The van der Waals surface area contributed by atoms with Gasteiger partial charge in [0.15, 0.2) is 5.75 Å². The number of nitrogens with one attached hydrogen (secondary N) is 2. The number of H-pyrrole nitrogens is 1. The second-order valence-corrected chi connectivity index (χ2v) is 12.8. The number of halogens is 1. The third-order valence-corrected chi connectivity index (χ3v) is 9.63. The maximum atomic E-state index is 12.8. The molecule has 234 valence electrons. The van der Waals surface area contributed by atoms with Crippen molar-refractivity contribution in [2.45, 2.75) is 62.2 Å². The molecule has 3 atom stereocenters. The average Bonchev–Trinajstić information content (AvgIpc) is 3.54. The maximum absolute atomic E-state index is 12.8. The minimum Gasteiger partial charge on any atom is -0.487 e. The Morgan fingerprint density at radius 1 is 1.22 bits per heavy atom. The number of piperazine rings is 1. The molecule has 2 aliphatic heterocycles. The zero-order valence-corrected chi connectivity index (χ0v) is 26.0. The molecule has 1 aliphatic carbocycles. The SMILES string of the molecule is Cc1ccc2[nH]ncc2c1-c1ccc2c(C3(CC#N)CNCC(Cl)N3C(=O)O)nc(OC[C@@H]3CCCN3C)nc2c1OC1CC1. The number of benzene rings is 2. The number of likely N-dealkylation sites (N-methyl/N-ethyl adjacent to an activating group) is 1. The molecule has 12 nitrogen and oxygen atoms in total. The second kappa shape index (κ2) is 11.6. The van der Waals surface area contributed by atoms with Crippen molar-refractivity contribution in [2.75, 3.05) is 33.3 Å². The highest BCUT2D eigenvalue weighted by atomic mass is 35.5. The van der Waals surface area contributed by atoms with Gasteiger partial charge in [0.2, 0.25) is 0 Å². The molecule has 4 aromatic rings. The van der Waals surface area contributed by atoms with Crippen LogP contribution in [0.15, 0.2) is 30.5 Å². The first-order chi connectivity index (χ1) is 21.8. The number of nitriles is 1. The summed E-state index contributed by atoms with van der Waals surface area (Å²) in [5, 5.41) is 32.6. The molecule has 3 fully saturated rings. The van der Waals surface area contributed by atoms with Crippen LogP contribution in [0.25, 0.3) is 32.9 Å². The number of likely N-dealkylation sites (tertiary alicyclic amines) is 1. The molecule has 2 saturated heterocycles. The quantitative estimate of drug-likeness (QED) is 0.184. The minimum absolute atomic E-state index is 0.0280. The lowest BCUT2D eigenvalue weighted by Gasteiger charge is -2.47. The van der Waals surface area contributed by atoms with E-state index >= 15 is 0 Å². The Balaban J connectivity index is 1.49. The molecular formula is C32H35ClN8O4. The summed E-state index contributed by atoms with van der Waals surface area (Å²) < 4.78 is 13.0. The summed E-state index contributed by atoms with van der Waals surface area (Å²) >= 11 is 6.64. The highest BCUT2D eigenvalue weighted by molar-refractivity contribution is 6.21. The van der Waals surface area contributed by atoms with Crippen LogP contribution in [0.2, 0.25) is 0 Å². The molecule has 0 bridgehead atoms. The van der Waals surface area contributed by atoms with E-state index in [9.17, 15) is 15.2 Å². The summed E-state index contributed by atoms with van der Waals surface area (Å²) in [4.78, 5) is 26.0. The van der Waals surface area contributed by atoms with Gasteiger partial charge in [-0.15, -0.1) is 0 Å². The minimum atomic E-state index is -1.41. The van der Waals surface area contributed by atoms with E-state index in [0.29, 0.717) is 29.0 Å². The third-order valence-electron chi connectivity index (χ3n) is 9.28. The number of aryl methyl sites for hydroxylation is 1. The van der Waals surface area contributed by atoms with Gasteiger partial charge in [-0.1, -0.05) is 17.7 Å². The number of amides is 1. The summed E-state index contributed by atoms with van der Waals surface area (Å²) in [6.45, 7) is 3.78. The Kier molecular flexibility index (Phi) is 7.63. The number of fused-ring (bicyclic) bond motifs is 2. The lowest BCUT2D eigenvalue weighted by atomic mass is 9.84. The summed E-state index contributed by atoms with van der Waals surface area (Å²) in [5.74, 6) is 0.568. The van der Waals surface area contributed by atoms with Crippen LogP contribution in [0.4, 0.5) is 4.79 Å². The third kappa shape index (κ3) is 5.18. The maximum Gasteiger partial charge on any atom is 0.409 e. The smallest absolute Gasteiger partial charge is 0.409 e. The zero-order valence-electron chi connectivity index (χ0n) is 25.2. The first-order valence-electron chi connectivity index (χ1n) is 15.3. The van der Waals surface area contributed by atoms with Gasteiger partial charge in [-0.3, -0.25) is 10.00 Å². The fraction of sp³-hybridized carbons (Fsp3) is 0.469. The monoisotopic (exact) mass is 630 g/mol. The summed E-state index contributed by atoms with van der Waals surface area (Å²) in [7, 11) is 2.07. The van der Waals surface area contributed by atoms with E-state index in [4.69, 9.17) is 31.0 Å². The van der Waals surface area contributed by atoms with Gasteiger partial charge >= 0.3 is 12.1 Å². The van der Waals surface area contributed by atoms with Crippen molar-refractivity contribution in [2.24, 2.45) is 0 Å². The van der Waals surface area contributed by atoms with Crippen LogP contribution in [0.1, 0.15) is 43.4 Å². The summed E-state index contributed by atoms with van der Waals surface area (Å²) in [5.41, 5.74) is 2.26. The number of hydrogen-bond donors (Lipinski definition) is 3. The lowest BCUT2D eigenvalue weighted by molar-refractivity contribution is 0.0424. The Bertz CT molecular complexity index is 1820. The number of alkyl halides is 1. The Morgan fingerprint density at radius 3 is 2.80 bits per heavy atom. The van der Waals surface area contributed by atoms with Crippen LogP contribution in [0, 0.1) is 18.3 Å². The van der Waals surface area contributed by atoms with Gasteiger partial charge in [0.25, 0.3) is 0 Å². The van der Waals surface area contributed by atoms with Gasteiger partial charge in [0.05, 0.1) is 36.0 Å². The van der Waals surface area contributed by atoms with E-state index in [1.54, 1.807) is 0 Å². The normalized spacial score (nSPS) is 23.8. The van der Waals surface area contributed by atoms with E-state index in [2.05, 4.69) is 33.5 Å². The average molecular weight is 631 g/mol. The van der Waals surface area contributed by atoms with Crippen molar-refractivity contribution >= 4 is 39.5 Å². The van der Waals surface area contributed by atoms with E-state index in [0.717, 1.165) is 64.7 Å². The van der Waals surface area contributed by atoms with E-state index in [-0.39, 0.29) is 37.7 Å². The van der Waals surface area contributed by atoms with Crippen LogP contribution in [0.5, 0.6) is 11.8 Å². The van der Waals surface area contributed by atoms with Crippen molar-refractivity contribution in [1.82, 2.24) is 35.3 Å². The van der Waals surface area contributed by atoms with Crippen molar-refractivity contribution in [3.8, 4) is 29.0 Å². The number of nitrogens with zero attached hydrogens (tertiary/aromatic N) is 6. The summed E-state index contributed by atoms with van der Waals surface area (Å²) in [6.07, 6.45) is 4.34. The van der Waals surface area contributed by atoms with E-state index < -0.39 is 17.1 Å². The Labute approximate surface area is 265 Å². The molecule has 2 aromatic heterocycles. The molecule has 2 aromatic carbocycles. The molecule has 1 saturated carbocycles. The van der Waals surface area contributed by atoms with Crippen molar-refractivity contribution in [3.63, 3.8) is 0 Å². The Hall–Kier alpha value is -4.18. The molecule has 4 heterocycles. The Morgan fingerprint density at radius 2 is 2.07 bits per heavy atom. The van der Waals surface area contributed by atoms with Crippen LogP contribution < -0.4 is 14.8 Å². The summed E-state index contributed by atoms with van der Waals surface area (Å²) in [6, 6.07) is 10.4. The topological polar surface area (TPSA) is 153 Å². The number of carboxylic acid groups (broad SMARTS) is 1. The number of rotatable bonds is 8. The van der Waals surface area contributed by atoms with Crippen LogP contribution in [-0.2, 0) is 5.54 Å². The van der Waals surface area contributed by atoms with Crippen LogP contribution >= 0.6 is 11.6 Å². The predicted octanol–water partition coefficient (Wildman–Crippen LogP) is 4.75. The van der Waals surface area contributed by atoms with Crippen molar-refractivity contribution < 1.29 is 19.4 Å². The standard InChI is InChI=1S/C32H35ClN8O4/c1-18-5-10-24-23(14-36-39-24)26(18)21-8-9-22-27(28(21)45-20-6-7-20)37-30(44-16-19-4-3-13-40(19)2)38-29(22)32(11-12-34)17-35-15-25(33)41(32)31(42)43/h5,8-10,14,19-20,25,35H,3-4,6-7,11,13,15-17H2,1-2H3,(H,36,39)(H,42,43)/t19-,25?,32?/m0/s1. The van der Waals surface area contributed by atoms with E-state index in [1.165, 1.54) is 0 Å². The van der Waals surface area contributed by atoms with Gasteiger partial charge < -0.3 is 24.8 Å². The lowest BCUT2D eigenvalue weighted by Crippen LogP contribution is -2.64. The van der Waals surface area contributed by atoms with Gasteiger partial charge in [0.1, 0.15) is 23.2 Å². The number of aromatic amines is 1. The zero-order chi connectivity index (χ0) is 31.3. The fourth-order valence-corrected chi connectivity index (χ4v) is 7.17. The molecule has 13 heteroatoms. The molecule has 2 unspecified atom stereocenters. The predicted molar refractivity (Wildman–Crippen MR) is 168 cm³/mol. The fourth-order valence-electron chi connectivity index (χ4n) is 6.79. The van der Waals surface area contributed by atoms with Gasteiger partial charge in [-0.25, -0.2) is 4.79 Å². The highest BCUT2D eigenvalue weighted by Gasteiger charge is 2.50. The van der Waals surface area contributed by atoms with E-state index in [1.807, 2.05) is 37.4 Å². The van der Waals surface area contributed by atoms with Gasteiger partial charge in [0, 0.05) is 35.5 Å². The number of aromatic nitrogens is 4. The molecular weight excluding hydrogens is 596 g/mol. The second-order valence-electron chi connectivity index (χ2n) is 12.3. The van der Waals surface area contributed by atoms with Crippen molar-refractivity contribution in [1.29, 1.82) is 5.26 Å². The van der Waals surface area contributed by atoms with Gasteiger partial charge in [-0.2, -0.15) is 20.3 Å². The molecule has 45 heavy (non-hydrogen) atoms. The molecule has 7 rings (SSSR count). The molecule has 3 N–H and O–H groups in total. The van der Waals surface area contributed by atoms with Crippen molar-refractivity contribution in [3.05, 3.63) is 41.7 Å². The van der Waals surface area contributed by atoms with Crippen LogP contribution in [0.3, 0.4) is 0 Å². The van der Waals surface area contributed by atoms with Crippen LogP contribution in [-0.4, -0.2) is 92.1 Å². The molecule has 1 amide bonds. The molecule has 0 radical (unpaired) electrons.